The van der Waals surface area contributed by atoms with Crippen LogP contribution in [0.25, 0.3) is 44.4 Å². The van der Waals surface area contributed by atoms with Crippen molar-refractivity contribution in [2.75, 3.05) is 0 Å². The molecule has 14 aliphatic rings. The van der Waals surface area contributed by atoms with Crippen molar-refractivity contribution in [2.45, 2.75) is 75.0 Å². The zero-order valence-corrected chi connectivity index (χ0v) is 28.3. The molecule has 8 atom stereocenters. The Morgan fingerprint density at radius 3 is 0.769 bits per heavy atom. The summed E-state index contributed by atoms with van der Waals surface area (Å²) in [6, 6.07) is 0. The van der Waals surface area contributed by atoms with Crippen molar-refractivity contribution < 1.29 is 17.6 Å². The van der Waals surface area contributed by atoms with E-state index in [1.165, 1.54) is 0 Å². The van der Waals surface area contributed by atoms with Crippen molar-refractivity contribution >= 4 is 44.4 Å². The van der Waals surface area contributed by atoms with Crippen LogP contribution in [-0.4, -0.2) is 19.9 Å². The number of rotatable bonds is 0. The molecule has 5 heterocycles. The van der Waals surface area contributed by atoms with Crippen LogP contribution in [0.2, 0.25) is 0 Å². The van der Waals surface area contributed by atoms with E-state index < -0.39 is 23.3 Å². The molecule has 52 heavy (non-hydrogen) atoms. The predicted molar refractivity (Wildman–Crippen MR) is 193 cm³/mol. The van der Waals surface area contributed by atoms with Gasteiger partial charge in [-0.05, 0) is 95.9 Å². The molecule has 3 aromatic rings. The molecule has 258 valence electrons. The van der Waals surface area contributed by atoms with E-state index in [0.717, 1.165) is 95.9 Å². The lowest BCUT2D eigenvalue weighted by atomic mass is 9.69. The molecule has 8 heteroatoms. The first-order valence-electron chi connectivity index (χ1n) is 19.2. The first kappa shape index (κ1) is 28.8. The topological polar surface area (TPSA) is 57.4 Å². The first-order chi connectivity index (χ1) is 25.4. The van der Waals surface area contributed by atoms with Crippen molar-refractivity contribution in [1.29, 1.82) is 0 Å². The number of hydrogen-bond donors (Lipinski definition) is 2. The molecule has 12 aliphatic carbocycles. The highest BCUT2D eigenvalue weighted by molar-refractivity contribution is 6.01. The van der Waals surface area contributed by atoms with Gasteiger partial charge in [0.15, 0.2) is 23.3 Å². The number of aromatic amines is 2. The third kappa shape index (κ3) is 3.33. The molecule has 0 saturated carbocycles. The van der Waals surface area contributed by atoms with Gasteiger partial charge in [0.05, 0.1) is 22.1 Å². The number of nitrogens with one attached hydrogen (secondary N) is 2. The Bertz CT molecular complexity index is 2300. The molecule has 0 fully saturated rings. The average molecular weight is 695 g/mol. The summed E-state index contributed by atoms with van der Waals surface area (Å²) in [4.78, 5) is 16.3. The zero-order valence-electron chi connectivity index (χ0n) is 28.3. The molecular formula is C44H34F4N4. The molecule has 0 spiro atoms. The number of aromatic nitrogens is 4. The fraction of sp³-hybridized carbons (Fsp3) is 0.364. The summed E-state index contributed by atoms with van der Waals surface area (Å²) in [5, 5.41) is 0. The van der Waals surface area contributed by atoms with E-state index in [2.05, 4.69) is 58.6 Å². The Balaban J connectivity index is 1.26. The van der Waals surface area contributed by atoms with Gasteiger partial charge in [-0.2, -0.15) is 0 Å². The fourth-order valence-electron chi connectivity index (χ4n) is 12.1. The Hall–Kier alpha value is -4.72. The van der Waals surface area contributed by atoms with Gasteiger partial charge < -0.3 is 9.97 Å². The van der Waals surface area contributed by atoms with Crippen LogP contribution in [0.5, 0.6) is 0 Å². The Morgan fingerprint density at radius 1 is 0.346 bits per heavy atom. The number of H-pyrrole nitrogens is 2. The van der Waals surface area contributed by atoms with E-state index >= 15 is 17.6 Å². The van der Waals surface area contributed by atoms with E-state index in [9.17, 15) is 0 Å². The Kier molecular flexibility index (Phi) is 5.33. The van der Waals surface area contributed by atoms with Crippen molar-refractivity contribution in [1.82, 2.24) is 19.9 Å². The van der Waals surface area contributed by atoms with Gasteiger partial charge in [-0.15, -0.1) is 0 Å². The summed E-state index contributed by atoms with van der Waals surface area (Å²) < 4.78 is 70.7. The number of halogens is 4. The highest BCUT2D eigenvalue weighted by Gasteiger charge is 2.45. The zero-order chi connectivity index (χ0) is 34.3. The number of allylic oxidation sites excluding steroid dienone is 12. The molecule has 2 aliphatic heterocycles. The third-order valence-corrected chi connectivity index (χ3v) is 14.3. The summed E-state index contributed by atoms with van der Waals surface area (Å²) >= 11 is 0. The summed E-state index contributed by atoms with van der Waals surface area (Å²) in [5.41, 5.74) is 7.43. The molecule has 16 bridgehead atoms. The minimum atomic E-state index is -0.560. The van der Waals surface area contributed by atoms with Crippen LogP contribution in [-0.2, 0) is 0 Å². The summed E-state index contributed by atoms with van der Waals surface area (Å²) in [6.07, 6.45) is 23.6. The maximum absolute atomic E-state index is 17.7. The molecule has 17 rings (SSSR count). The van der Waals surface area contributed by atoms with Gasteiger partial charge in [0, 0.05) is 47.3 Å². The monoisotopic (exact) mass is 694 g/mol. The third-order valence-electron chi connectivity index (χ3n) is 14.3. The smallest absolute Gasteiger partial charge is 0.172 e. The molecule has 0 aromatic carbocycles. The molecule has 0 amide bonds. The van der Waals surface area contributed by atoms with Gasteiger partial charge in [0.25, 0.3) is 0 Å². The second kappa shape index (κ2) is 9.63. The van der Waals surface area contributed by atoms with Crippen LogP contribution in [0.15, 0.2) is 48.6 Å². The minimum absolute atomic E-state index is 0.0839. The Labute approximate surface area is 296 Å². The van der Waals surface area contributed by atoms with E-state index in [-0.39, 0.29) is 92.2 Å². The lowest BCUT2D eigenvalue weighted by Crippen LogP contribution is -2.19. The van der Waals surface area contributed by atoms with Crippen LogP contribution < -0.4 is 0 Å². The lowest BCUT2D eigenvalue weighted by Gasteiger charge is -2.33. The van der Waals surface area contributed by atoms with Crippen molar-refractivity contribution in [3.8, 4) is 0 Å². The van der Waals surface area contributed by atoms with Gasteiger partial charge in [0.1, 0.15) is 22.8 Å². The van der Waals surface area contributed by atoms with Gasteiger partial charge in [0.2, 0.25) is 0 Å². The molecular weight excluding hydrogens is 661 g/mol. The average Bonchev–Trinajstić information content (AvgIpc) is 4.01. The van der Waals surface area contributed by atoms with Crippen molar-refractivity contribution in [3.05, 3.63) is 117 Å². The van der Waals surface area contributed by atoms with Crippen LogP contribution >= 0.6 is 0 Å². The van der Waals surface area contributed by atoms with Gasteiger partial charge >= 0.3 is 0 Å². The lowest BCUT2D eigenvalue weighted by molar-refractivity contribution is 0.546. The number of nitrogens with zero attached hydrogens (tertiary/aromatic N) is 2. The second-order valence-corrected chi connectivity index (χ2v) is 16.6. The summed E-state index contributed by atoms with van der Waals surface area (Å²) in [6.45, 7) is 0. The first-order valence-corrected chi connectivity index (χ1v) is 19.2. The highest BCUT2D eigenvalue weighted by atomic mass is 19.1. The Morgan fingerprint density at radius 2 is 0.558 bits per heavy atom. The van der Waals surface area contributed by atoms with Crippen LogP contribution in [0.4, 0.5) is 17.6 Å². The van der Waals surface area contributed by atoms with E-state index in [4.69, 9.17) is 9.97 Å². The normalized spacial score (nSPS) is 31.9. The largest absolute Gasteiger partial charge is 0.350 e. The van der Waals surface area contributed by atoms with Crippen LogP contribution in [0.3, 0.4) is 0 Å². The van der Waals surface area contributed by atoms with E-state index in [1.54, 1.807) is 0 Å². The van der Waals surface area contributed by atoms with Crippen LogP contribution in [0, 0.1) is 46.9 Å². The quantitative estimate of drug-likeness (QED) is 0.182. The summed E-state index contributed by atoms with van der Waals surface area (Å²) in [7, 11) is 0. The van der Waals surface area contributed by atoms with Gasteiger partial charge in [-0.25, -0.2) is 27.5 Å². The second-order valence-electron chi connectivity index (χ2n) is 16.6. The van der Waals surface area contributed by atoms with Gasteiger partial charge in [-0.1, -0.05) is 48.6 Å². The maximum Gasteiger partial charge on any atom is 0.172 e. The number of hydrogen-bond acceptors (Lipinski definition) is 2. The highest BCUT2D eigenvalue weighted by Crippen LogP contribution is 2.57. The standard InChI is InChI=1S/C44H34F4N4/c45-33-37-25-17-1-2-18(4-3-17)26(25)38(49-37)34(46)40-29-21-9-11-22(12-10-21)30(29)42(51-40)36(48)44-32-24-15-13-23(14-16-24)31(32)43(52-44)35(47)41-28-20-7-5-19(6-8-20)27(28)39(33)50-41/h1-2,5,7,9,11,13,15,17-24,49,52H,3-4,6,8,10,12,14,16H2. The van der Waals surface area contributed by atoms with Crippen molar-refractivity contribution in [2.24, 2.45) is 23.7 Å². The van der Waals surface area contributed by atoms with Crippen LogP contribution in [0.1, 0.15) is 120 Å². The minimum Gasteiger partial charge on any atom is -0.350 e. The molecule has 0 saturated heterocycles. The van der Waals surface area contributed by atoms with Gasteiger partial charge in [-0.3, -0.25) is 0 Å². The van der Waals surface area contributed by atoms with E-state index in [1.807, 2.05) is 0 Å². The van der Waals surface area contributed by atoms with Crippen molar-refractivity contribution in [3.63, 3.8) is 0 Å². The molecule has 3 aromatic heterocycles. The molecule has 4 nitrogen and oxygen atoms in total. The number of fused-ring (bicyclic) bond motifs is 12. The summed E-state index contributed by atoms with van der Waals surface area (Å²) in [5.74, 6) is -2.96. The fourth-order valence-corrected chi connectivity index (χ4v) is 12.1. The predicted octanol–water partition coefficient (Wildman–Crippen LogP) is 10.9. The van der Waals surface area contributed by atoms with E-state index in [0.29, 0.717) is 0 Å². The molecule has 2 N–H and O–H groups in total. The molecule has 8 unspecified atom stereocenters. The maximum atomic E-state index is 17.7. The molecule has 0 radical (unpaired) electrons. The SMILES string of the molecule is Fc1c2nc(c(F)c3[nH]c(c(F)c4nc(c(F)c5[nH]c1c1c5C5C=CC1CC5)C1=C4C4C=CC1CC4)c1c3C3C=CC1CC3)C1=C2C2C=CC1CC2.